The highest BCUT2D eigenvalue weighted by atomic mass is 32.1. The number of benzene rings is 1. The van der Waals surface area contributed by atoms with Crippen molar-refractivity contribution >= 4 is 49.9 Å². The van der Waals surface area contributed by atoms with Crippen LogP contribution in [0.2, 0.25) is 0 Å². The number of rotatable bonds is 1. The van der Waals surface area contributed by atoms with Gasteiger partial charge in [0.25, 0.3) is 0 Å². The Morgan fingerprint density at radius 1 is 1.35 bits per heavy atom. The molecule has 0 unspecified atom stereocenters. The molecule has 2 rings (SSSR count). The van der Waals surface area contributed by atoms with E-state index in [1.807, 2.05) is 39.8 Å². The second-order valence-corrected chi connectivity index (χ2v) is 7.09. The number of aromatic nitrogens is 1. The van der Waals surface area contributed by atoms with Crippen molar-refractivity contribution in [1.82, 2.24) is 10.3 Å². The van der Waals surface area contributed by atoms with Crippen LogP contribution in [-0.2, 0) is 4.79 Å². The molecule has 1 aromatic carbocycles. The number of thiazole rings is 1. The van der Waals surface area contributed by atoms with Crippen molar-refractivity contribution in [3.05, 3.63) is 23.8 Å². The SMILES string of the molecule is Cc1ccc2nc(NC(=S)NC(=O)C(C)(C)C)sc2c1. The van der Waals surface area contributed by atoms with Gasteiger partial charge >= 0.3 is 0 Å². The van der Waals surface area contributed by atoms with Crippen molar-refractivity contribution < 1.29 is 4.79 Å². The summed E-state index contributed by atoms with van der Waals surface area (Å²) in [5.41, 5.74) is 1.64. The molecule has 0 saturated heterocycles. The lowest BCUT2D eigenvalue weighted by Gasteiger charge is -2.17. The van der Waals surface area contributed by atoms with E-state index in [4.69, 9.17) is 12.2 Å². The van der Waals surface area contributed by atoms with Crippen LogP contribution >= 0.6 is 23.6 Å². The van der Waals surface area contributed by atoms with Gasteiger partial charge in [0.2, 0.25) is 5.91 Å². The van der Waals surface area contributed by atoms with Gasteiger partial charge in [0, 0.05) is 5.41 Å². The molecular formula is C14H17N3OS2. The van der Waals surface area contributed by atoms with Gasteiger partial charge in [-0.25, -0.2) is 4.98 Å². The third-order valence-electron chi connectivity index (χ3n) is 2.67. The topological polar surface area (TPSA) is 54.0 Å². The van der Waals surface area contributed by atoms with E-state index in [9.17, 15) is 4.79 Å². The zero-order valence-corrected chi connectivity index (χ0v) is 13.5. The van der Waals surface area contributed by atoms with Crippen molar-refractivity contribution in [2.45, 2.75) is 27.7 Å². The molecule has 0 spiro atoms. The minimum atomic E-state index is -0.476. The molecule has 0 fully saturated rings. The van der Waals surface area contributed by atoms with Crippen LogP contribution in [0.1, 0.15) is 26.3 Å². The maximum atomic E-state index is 11.8. The summed E-state index contributed by atoms with van der Waals surface area (Å²) < 4.78 is 1.09. The lowest BCUT2D eigenvalue weighted by Crippen LogP contribution is -2.41. The molecule has 0 saturated carbocycles. The number of nitrogens with zero attached hydrogens (tertiary/aromatic N) is 1. The molecular weight excluding hydrogens is 290 g/mol. The van der Waals surface area contributed by atoms with Gasteiger partial charge in [-0.05, 0) is 36.8 Å². The van der Waals surface area contributed by atoms with E-state index in [0.717, 1.165) is 10.2 Å². The zero-order chi connectivity index (χ0) is 14.9. The second kappa shape index (κ2) is 5.46. The first-order valence-electron chi connectivity index (χ1n) is 6.25. The van der Waals surface area contributed by atoms with E-state index < -0.39 is 5.41 Å². The van der Waals surface area contributed by atoms with Gasteiger partial charge in [-0.2, -0.15) is 0 Å². The molecule has 0 bridgehead atoms. The largest absolute Gasteiger partial charge is 0.308 e. The quantitative estimate of drug-likeness (QED) is 0.792. The molecule has 0 aliphatic rings. The van der Waals surface area contributed by atoms with Gasteiger partial charge in [-0.15, -0.1) is 0 Å². The lowest BCUT2D eigenvalue weighted by molar-refractivity contribution is -0.126. The molecule has 0 radical (unpaired) electrons. The Bertz CT molecular complexity index is 671. The van der Waals surface area contributed by atoms with Gasteiger partial charge in [-0.3, -0.25) is 4.79 Å². The van der Waals surface area contributed by atoms with E-state index in [1.165, 1.54) is 16.9 Å². The maximum Gasteiger partial charge on any atom is 0.231 e. The normalized spacial score (nSPS) is 11.4. The average molecular weight is 307 g/mol. The van der Waals surface area contributed by atoms with Crippen LogP contribution in [0.25, 0.3) is 10.2 Å². The fourth-order valence-corrected chi connectivity index (χ4v) is 2.73. The number of hydrogen-bond acceptors (Lipinski definition) is 4. The zero-order valence-electron chi connectivity index (χ0n) is 11.9. The molecule has 2 aromatic rings. The Morgan fingerprint density at radius 3 is 2.70 bits per heavy atom. The smallest absolute Gasteiger partial charge is 0.231 e. The fourth-order valence-electron chi connectivity index (χ4n) is 1.50. The van der Waals surface area contributed by atoms with Crippen molar-refractivity contribution in [2.24, 2.45) is 5.41 Å². The van der Waals surface area contributed by atoms with Crippen LogP contribution in [0.5, 0.6) is 0 Å². The van der Waals surface area contributed by atoms with Crippen LogP contribution < -0.4 is 10.6 Å². The number of carbonyl (C=O) groups excluding carboxylic acids is 1. The summed E-state index contributed by atoms with van der Waals surface area (Å²) in [4.78, 5) is 16.3. The second-order valence-electron chi connectivity index (χ2n) is 5.65. The average Bonchev–Trinajstić information content (AvgIpc) is 2.68. The van der Waals surface area contributed by atoms with Crippen LogP contribution in [0.4, 0.5) is 5.13 Å². The van der Waals surface area contributed by atoms with E-state index in [1.54, 1.807) is 0 Å². The Kier molecular flexibility index (Phi) is 4.06. The van der Waals surface area contributed by atoms with E-state index in [2.05, 4.69) is 21.7 Å². The molecule has 4 nitrogen and oxygen atoms in total. The summed E-state index contributed by atoms with van der Waals surface area (Å²) in [6, 6.07) is 6.07. The molecule has 2 N–H and O–H groups in total. The number of carbonyl (C=O) groups is 1. The summed E-state index contributed by atoms with van der Waals surface area (Å²) in [5, 5.41) is 6.60. The first-order chi connectivity index (χ1) is 9.25. The first kappa shape index (κ1) is 14.9. The van der Waals surface area contributed by atoms with E-state index >= 15 is 0 Å². The summed E-state index contributed by atoms with van der Waals surface area (Å²) in [6.07, 6.45) is 0. The maximum absolute atomic E-state index is 11.8. The number of thiocarbonyl (C=S) groups is 1. The molecule has 6 heteroatoms. The third kappa shape index (κ3) is 3.52. The number of nitrogens with one attached hydrogen (secondary N) is 2. The Hall–Kier alpha value is -1.53. The Labute approximate surface area is 127 Å². The fraction of sp³-hybridized carbons (Fsp3) is 0.357. The number of anilines is 1. The van der Waals surface area contributed by atoms with Crippen molar-refractivity contribution in [3.63, 3.8) is 0 Å². The molecule has 106 valence electrons. The minimum absolute atomic E-state index is 0.119. The van der Waals surface area contributed by atoms with Gasteiger partial charge < -0.3 is 10.6 Å². The highest BCUT2D eigenvalue weighted by Gasteiger charge is 2.22. The number of amides is 1. The van der Waals surface area contributed by atoms with E-state index in [-0.39, 0.29) is 11.0 Å². The molecule has 0 atom stereocenters. The van der Waals surface area contributed by atoms with Crippen LogP contribution in [0, 0.1) is 12.3 Å². The molecule has 1 heterocycles. The van der Waals surface area contributed by atoms with Crippen molar-refractivity contribution in [3.8, 4) is 0 Å². The Balaban J connectivity index is 2.08. The van der Waals surface area contributed by atoms with Gasteiger partial charge in [-0.1, -0.05) is 38.2 Å². The predicted octanol–water partition coefficient (Wildman–Crippen LogP) is 3.46. The monoisotopic (exact) mass is 307 g/mol. The molecule has 0 aliphatic heterocycles. The van der Waals surface area contributed by atoms with Crippen LogP contribution in [-0.4, -0.2) is 16.0 Å². The summed E-state index contributed by atoms with van der Waals surface area (Å²) in [5.74, 6) is -0.119. The predicted molar refractivity (Wildman–Crippen MR) is 88.2 cm³/mol. The van der Waals surface area contributed by atoms with Gasteiger partial charge in [0.1, 0.15) is 0 Å². The molecule has 20 heavy (non-hydrogen) atoms. The first-order valence-corrected chi connectivity index (χ1v) is 7.48. The highest BCUT2D eigenvalue weighted by molar-refractivity contribution is 7.80. The summed E-state index contributed by atoms with van der Waals surface area (Å²) >= 11 is 6.65. The van der Waals surface area contributed by atoms with Crippen molar-refractivity contribution in [2.75, 3.05) is 5.32 Å². The minimum Gasteiger partial charge on any atom is -0.308 e. The highest BCUT2D eigenvalue weighted by Crippen LogP contribution is 2.26. The van der Waals surface area contributed by atoms with Gasteiger partial charge in [0.15, 0.2) is 10.2 Å². The summed E-state index contributed by atoms with van der Waals surface area (Å²) in [6.45, 7) is 7.56. The Morgan fingerprint density at radius 2 is 2.05 bits per heavy atom. The number of fused-ring (bicyclic) bond motifs is 1. The third-order valence-corrected chi connectivity index (χ3v) is 3.81. The number of hydrogen-bond donors (Lipinski definition) is 2. The molecule has 1 aromatic heterocycles. The van der Waals surface area contributed by atoms with Crippen molar-refractivity contribution in [1.29, 1.82) is 0 Å². The van der Waals surface area contributed by atoms with Crippen LogP contribution in [0.3, 0.4) is 0 Å². The van der Waals surface area contributed by atoms with E-state index in [0.29, 0.717) is 5.13 Å². The molecule has 1 amide bonds. The number of aryl methyl sites for hydroxylation is 1. The standard InChI is InChI=1S/C14H17N3OS2/c1-8-5-6-9-10(7-8)20-13(15-9)17-12(19)16-11(18)14(2,3)4/h5-7H,1-4H3,(H2,15,16,17,18,19). The summed E-state index contributed by atoms with van der Waals surface area (Å²) in [7, 11) is 0. The molecule has 0 aliphatic carbocycles. The van der Waals surface area contributed by atoms with Crippen LogP contribution in [0.15, 0.2) is 18.2 Å². The lowest BCUT2D eigenvalue weighted by atomic mass is 9.96. The van der Waals surface area contributed by atoms with Gasteiger partial charge in [0.05, 0.1) is 10.2 Å².